The summed E-state index contributed by atoms with van der Waals surface area (Å²) in [4.78, 5) is 36.0. The van der Waals surface area contributed by atoms with Gasteiger partial charge >= 0.3 is 12.1 Å². The van der Waals surface area contributed by atoms with Crippen molar-refractivity contribution >= 4 is 18.0 Å². The summed E-state index contributed by atoms with van der Waals surface area (Å²) in [5, 5.41) is 14.3. The zero-order valence-electron chi connectivity index (χ0n) is 18.0. The summed E-state index contributed by atoms with van der Waals surface area (Å²) >= 11 is 0. The standard InChI is InChI=1S/C24H28N2O5/c1-24(2,3)26-22(29)20(12-13-21(27)28)25-23(30)31-14-19-17-10-6-4-8-15(17)16-9-5-7-11-18(16)19/h4-11,19-20H,12-14H2,1-3H3,(H,25,30)(H,26,29)(H,27,28). The second-order valence-electron chi connectivity index (χ2n) is 8.69. The largest absolute Gasteiger partial charge is 0.481 e. The first kappa shape index (κ1) is 22.3. The van der Waals surface area contributed by atoms with Gasteiger partial charge in [-0.15, -0.1) is 0 Å². The highest BCUT2D eigenvalue weighted by Crippen LogP contribution is 2.44. The van der Waals surface area contributed by atoms with Crippen LogP contribution in [0.3, 0.4) is 0 Å². The number of ether oxygens (including phenoxy) is 1. The van der Waals surface area contributed by atoms with E-state index in [2.05, 4.69) is 10.6 Å². The Morgan fingerprint density at radius 2 is 1.55 bits per heavy atom. The van der Waals surface area contributed by atoms with E-state index < -0.39 is 29.6 Å². The fourth-order valence-electron chi connectivity index (χ4n) is 3.78. The molecule has 7 nitrogen and oxygen atoms in total. The first-order chi connectivity index (χ1) is 14.7. The van der Waals surface area contributed by atoms with E-state index in [9.17, 15) is 14.4 Å². The van der Waals surface area contributed by atoms with E-state index in [1.54, 1.807) is 0 Å². The lowest BCUT2D eigenvalue weighted by molar-refractivity contribution is -0.137. The third kappa shape index (κ3) is 5.63. The van der Waals surface area contributed by atoms with E-state index in [4.69, 9.17) is 9.84 Å². The van der Waals surface area contributed by atoms with Crippen molar-refractivity contribution in [3.05, 3.63) is 59.7 Å². The van der Waals surface area contributed by atoms with E-state index >= 15 is 0 Å². The molecule has 0 radical (unpaired) electrons. The van der Waals surface area contributed by atoms with E-state index in [0.717, 1.165) is 22.3 Å². The SMILES string of the molecule is CC(C)(C)NC(=O)C(CCC(=O)O)NC(=O)OCC1c2ccccc2-c2ccccc21. The van der Waals surface area contributed by atoms with Crippen molar-refractivity contribution in [1.29, 1.82) is 0 Å². The predicted molar refractivity (Wildman–Crippen MR) is 117 cm³/mol. The number of alkyl carbamates (subject to hydrolysis) is 1. The third-order valence-corrected chi connectivity index (χ3v) is 5.10. The number of amides is 2. The molecule has 3 rings (SSSR count). The maximum atomic E-state index is 12.5. The minimum absolute atomic E-state index is 0.0263. The molecule has 2 aromatic rings. The second kappa shape index (κ2) is 9.20. The molecule has 0 aliphatic heterocycles. The molecule has 164 valence electrons. The van der Waals surface area contributed by atoms with Crippen LogP contribution >= 0.6 is 0 Å². The van der Waals surface area contributed by atoms with Crippen LogP contribution in [-0.2, 0) is 14.3 Å². The molecule has 7 heteroatoms. The molecule has 1 aliphatic rings. The highest BCUT2D eigenvalue weighted by Gasteiger charge is 2.30. The Morgan fingerprint density at radius 3 is 2.06 bits per heavy atom. The smallest absolute Gasteiger partial charge is 0.407 e. The molecule has 0 fully saturated rings. The third-order valence-electron chi connectivity index (χ3n) is 5.10. The van der Waals surface area contributed by atoms with Gasteiger partial charge in [-0.05, 0) is 49.4 Å². The van der Waals surface area contributed by atoms with Gasteiger partial charge in [-0.25, -0.2) is 4.79 Å². The number of fused-ring (bicyclic) bond motifs is 3. The number of carboxylic acid groups (broad SMARTS) is 1. The van der Waals surface area contributed by atoms with E-state index in [1.165, 1.54) is 0 Å². The molecule has 2 aromatic carbocycles. The number of carbonyl (C=O) groups is 3. The second-order valence-corrected chi connectivity index (χ2v) is 8.69. The van der Waals surface area contributed by atoms with Gasteiger partial charge in [0.2, 0.25) is 5.91 Å². The van der Waals surface area contributed by atoms with Crippen molar-refractivity contribution in [1.82, 2.24) is 10.6 Å². The monoisotopic (exact) mass is 424 g/mol. The lowest BCUT2D eigenvalue weighted by Gasteiger charge is -2.25. The van der Waals surface area contributed by atoms with Crippen molar-refractivity contribution in [3.8, 4) is 11.1 Å². The molecule has 0 aromatic heterocycles. The van der Waals surface area contributed by atoms with Crippen molar-refractivity contribution in [2.24, 2.45) is 0 Å². The summed E-state index contributed by atoms with van der Waals surface area (Å²) in [6, 6.07) is 15.0. The minimum atomic E-state index is -1.04. The van der Waals surface area contributed by atoms with Crippen LogP contribution in [0, 0.1) is 0 Å². The van der Waals surface area contributed by atoms with Crippen LogP contribution in [0.4, 0.5) is 4.79 Å². The fourth-order valence-corrected chi connectivity index (χ4v) is 3.78. The van der Waals surface area contributed by atoms with Gasteiger partial charge in [-0.2, -0.15) is 0 Å². The van der Waals surface area contributed by atoms with E-state index in [-0.39, 0.29) is 25.4 Å². The van der Waals surface area contributed by atoms with Crippen molar-refractivity contribution in [3.63, 3.8) is 0 Å². The van der Waals surface area contributed by atoms with E-state index in [1.807, 2.05) is 69.3 Å². The number of carbonyl (C=O) groups excluding carboxylic acids is 2. The number of hydrogen-bond donors (Lipinski definition) is 3. The number of carboxylic acids is 1. The van der Waals surface area contributed by atoms with Crippen LogP contribution in [0.1, 0.15) is 50.7 Å². The Morgan fingerprint density at radius 1 is 1.00 bits per heavy atom. The molecule has 0 spiro atoms. The maximum absolute atomic E-state index is 12.5. The summed E-state index contributed by atoms with van der Waals surface area (Å²) in [7, 11) is 0. The first-order valence-corrected chi connectivity index (χ1v) is 10.3. The fraction of sp³-hybridized carbons (Fsp3) is 0.375. The van der Waals surface area contributed by atoms with Crippen LogP contribution < -0.4 is 10.6 Å². The molecular formula is C24H28N2O5. The molecule has 0 saturated heterocycles. The Hall–Kier alpha value is -3.35. The average Bonchev–Trinajstić information content (AvgIpc) is 3.02. The molecule has 1 aliphatic carbocycles. The van der Waals surface area contributed by atoms with Crippen molar-refractivity contribution in [2.45, 2.75) is 51.1 Å². The molecule has 2 amide bonds. The number of hydrogen-bond acceptors (Lipinski definition) is 4. The van der Waals surface area contributed by atoms with Gasteiger partial charge in [0, 0.05) is 17.9 Å². The Kier molecular flexibility index (Phi) is 6.63. The zero-order valence-corrected chi connectivity index (χ0v) is 18.0. The van der Waals surface area contributed by atoms with Gasteiger partial charge in [0.05, 0.1) is 0 Å². The topological polar surface area (TPSA) is 105 Å². The van der Waals surface area contributed by atoms with E-state index in [0.29, 0.717) is 0 Å². The summed E-state index contributed by atoms with van der Waals surface area (Å²) in [6.07, 6.45) is -1.02. The number of aliphatic carboxylic acids is 1. The molecular weight excluding hydrogens is 396 g/mol. The van der Waals surface area contributed by atoms with Crippen LogP contribution in [0.15, 0.2) is 48.5 Å². The molecule has 3 N–H and O–H groups in total. The Balaban J connectivity index is 1.67. The maximum Gasteiger partial charge on any atom is 0.407 e. The quantitative estimate of drug-likeness (QED) is 0.629. The zero-order chi connectivity index (χ0) is 22.6. The molecule has 0 saturated carbocycles. The molecule has 31 heavy (non-hydrogen) atoms. The summed E-state index contributed by atoms with van der Waals surface area (Å²) in [5.41, 5.74) is 3.90. The van der Waals surface area contributed by atoms with Crippen LogP contribution in [0.2, 0.25) is 0 Å². The number of nitrogens with one attached hydrogen (secondary N) is 2. The van der Waals surface area contributed by atoms with Crippen LogP contribution in [0.5, 0.6) is 0 Å². The van der Waals surface area contributed by atoms with Crippen molar-refractivity contribution in [2.75, 3.05) is 6.61 Å². The Bertz CT molecular complexity index is 934. The first-order valence-electron chi connectivity index (χ1n) is 10.3. The van der Waals surface area contributed by atoms with Crippen LogP contribution in [-0.4, -0.2) is 41.3 Å². The molecule has 1 unspecified atom stereocenters. The predicted octanol–water partition coefficient (Wildman–Crippen LogP) is 3.67. The van der Waals surface area contributed by atoms with Gasteiger partial charge < -0.3 is 20.5 Å². The minimum Gasteiger partial charge on any atom is -0.481 e. The highest BCUT2D eigenvalue weighted by atomic mass is 16.5. The van der Waals surface area contributed by atoms with Crippen molar-refractivity contribution < 1.29 is 24.2 Å². The normalized spacial score (nSPS) is 13.6. The molecule has 1 atom stereocenters. The highest BCUT2D eigenvalue weighted by molar-refractivity contribution is 5.86. The summed E-state index contributed by atoms with van der Waals surface area (Å²) in [5.74, 6) is -1.58. The van der Waals surface area contributed by atoms with Gasteiger partial charge in [0.15, 0.2) is 0 Å². The van der Waals surface area contributed by atoms with Gasteiger partial charge in [0.1, 0.15) is 12.6 Å². The van der Waals surface area contributed by atoms with Gasteiger partial charge in [-0.1, -0.05) is 48.5 Å². The lowest BCUT2D eigenvalue weighted by Crippen LogP contribution is -2.52. The Labute approximate surface area is 181 Å². The summed E-state index contributed by atoms with van der Waals surface area (Å²) in [6.45, 7) is 5.55. The number of benzene rings is 2. The van der Waals surface area contributed by atoms with Gasteiger partial charge in [0.25, 0.3) is 0 Å². The lowest BCUT2D eigenvalue weighted by atomic mass is 9.98. The molecule has 0 bridgehead atoms. The van der Waals surface area contributed by atoms with Crippen LogP contribution in [0.25, 0.3) is 11.1 Å². The van der Waals surface area contributed by atoms with Gasteiger partial charge in [-0.3, -0.25) is 9.59 Å². The summed E-state index contributed by atoms with van der Waals surface area (Å²) < 4.78 is 5.48. The average molecular weight is 424 g/mol. The molecule has 0 heterocycles. The number of rotatable bonds is 7.